The summed E-state index contributed by atoms with van der Waals surface area (Å²) in [6.45, 7) is 6.31. The summed E-state index contributed by atoms with van der Waals surface area (Å²) < 4.78 is 5.81. The van der Waals surface area contributed by atoms with Gasteiger partial charge < -0.3 is 14.8 Å². The molecule has 0 radical (unpaired) electrons. The number of amides is 1. The van der Waals surface area contributed by atoms with Crippen molar-refractivity contribution in [3.8, 4) is 0 Å². The summed E-state index contributed by atoms with van der Waals surface area (Å²) in [6, 6.07) is 4.03. The van der Waals surface area contributed by atoms with E-state index in [-0.39, 0.29) is 18.1 Å². The number of aliphatic hydroxyl groups is 1. The summed E-state index contributed by atoms with van der Waals surface area (Å²) in [5.74, 6) is 3.29. The molecule has 4 nitrogen and oxygen atoms in total. The molecule has 3 atom stereocenters. The molecule has 3 unspecified atom stereocenters. The minimum atomic E-state index is -0.316. The van der Waals surface area contributed by atoms with Crippen molar-refractivity contribution in [3.05, 3.63) is 23.7 Å². The molecular formula is C17H27NO3. The zero-order valence-corrected chi connectivity index (χ0v) is 13.3. The van der Waals surface area contributed by atoms with Gasteiger partial charge >= 0.3 is 0 Å². The van der Waals surface area contributed by atoms with E-state index in [1.54, 1.807) is 0 Å². The van der Waals surface area contributed by atoms with Gasteiger partial charge in [0.25, 0.3) is 0 Å². The Labute approximate surface area is 126 Å². The van der Waals surface area contributed by atoms with E-state index in [2.05, 4.69) is 12.2 Å². The highest BCUT2D eigenvalue weighted by Crippen LogP contribution is 2.47. The van der Waals surface area contributed by atoms with Crippen LogP contribution in [-0.2, 0) is 11.2 Å². The maximum absolute atomic E-state index is 12.0. The number of furan rings is 1. The normalized spacial score (nSPS) is 23.6. The Bertz CT molecular complexity index is 482. The maximum Gasteiger partial charge on any atom is 0.220 e. The summed E-state index contributed by atoms with van der Waals surface area (Å²) in [6.07, 6.45) is 3.66. The van der Waals surface area contributed by atoms with Crippen LogP contribution in [0.5, 0.6) is 0 Å². The van der Waals surface area contributed by atoms with Gasteiger partial charge in [-0.05, 0) is 44.2 Å². The molecule has 0 aliphatic heterocycles. The van der Waals surface area contributed by atoms with Gasteiger partial charge in [-0.2, -0.15) is 0 Å². The number of carbonyl (C=O) groups is 1. The summed E-state index contributed by atoms with van der Waals surface area (Å²) in [4.78, 5) is 12.0. The third-order valence-corrected chi connectivity index (χ3v) is 4.64. The highest BCUT2D eigenvalue weighted by atomic mass is 16.3. The van der Waals surface area contributed by atoms with Gasteiger partial charge in [-0.3, -0.25) is 4.79 Å². The summed E-state index contributed by atoms with van der Waals surface area (Å²) in [5.41, 5.74) is -0.316. The quantitative estimate of drug-likeness (QED) is 0.774. The zero-order valence-electron chi connectivity index (χ0n) is 13.3. The highest BCUT2D eigenvalue weighted by molar-refractivity contribution is 5.76. The lowest BCUT2D eigenvalue weighted by Gasteiger charge is -2.29. The Morgan fingerprint density at radius 2 is 2.24 bits per heavy atom. The largest absolute Gasteiger partial charge is 0.466 e. The molecule has 0 aromatic carbocycles. The molecule has 0 spiro atoms. The van der Waals surface area contributed by atoms with Crippen LogP contribution in [-0.4, -0.2) is 23.2 Å². The predicted molar refractivity (Wildman–Crippen MR) is 82.1 cm³/mol. The van der Waals surface area contributed by atoms with E-state index in [9.17, 15) is 4.79 Å². The standard InChI is InChI=1S/C17H27NO3/c1-4-17(3,9-10-19)18-16(20)8-6-13-5-7-15(21-13)14-11-12(14)2/h5,7,12,14,19H,4,6,8-11H2,1-3H3,(H,18,20). The molecular weight excluding hydrogens is 266 g/mol. The number of aryl methyl sites for hydroxylation is 1. The minimum Gasteiger partial charge on any atom is -0.466 e. The van der Waals surface area contributed by atoms with E-state index < -0.39 is 0 Å². The number of rotatable bonds is 8. The maximum atomic E-state index is 12.0. The third kappa shape index (κ3) is 4.34. The van der Waals surface area contributed by atoms with Crippen LogP contribution < -0.4 is 5.32 Å². The first-order valence-electron chi connectivity index (χ1n) is 7.98. The first kappa shape index (κ1) is 16.1. The molecule has 1 heterocycles. The molecule has 118 valence electrons. The molecule has 1 fully saturated rings. The van der Waals surface area contributed by atoms with Crippen LogP contribution in [0.4, 0.5) is 0 Å². The summed E-state index contributed by atoms with van der Waals surface area (Å²) >= 11 is 0. The Hall–Kier alpha value is -1.29. The fourth-order valence-electron chi connectivity index (χ4n) is 2.66. The van der Waals surface area contributed by atoms with Crippen molar-refractivity contribution >= 4 is 5.91 Å². The molecule has 0 bridgehead atoms. The molecule has 2 rings (SSSR count). The zero-order chi connectivity index (χ0) is 15.5. The molecule has 1 saturated carbocycles. The van der Waals surface area contributed by atoms with Crippen molar-refractivity contribution in [2.75, 3.05) is 6.61 Å². The van der Waals surface area contributed by atoms with Crippen molar-refractivity contribution in [2.24, 2.45) is 5.92 Å². The average Bonchev–Trinajstić information content (AvgIpc) is 3.00. The number of hydrogen-bond donors (Lipinski definition) is 2. The third-order valence-electron chi connectivity index (χ3n) is 4.64. The van der Waals surface area contributed by atoms with Gasteiger partial charge in [-0.25, -0.2) is 0 Å². The van der Waals surface area contributed by atoms with E-state index in [1.807, 2.05) is 26.0 Å². The topological polar surface area (TPSA) is 62.5 Å². The molecule has 1 aliphatic carbocycles. The average molecular weight is 293 g/mol. The van der Waals surface area contributed by atoms with Crippen LogP contribution in [0.3, 0.4) is 0 Å². The van der Waals surface area contributed by atoms with E-state index in [0.717, 1.165) is 23.9 Å². The Morgan fingerprint density at radius 1 is 1.52 bits per heavy atom. The smallest absolute Gasteiger partial charge is 0.220 e. The Kier molecular flexibility index (Phi) is 5.09. The van der Waals surface area contributed by atoms with Crippen LogP contribution in [0.1, 0.15) is 63.9 Å². The van der Waals surface area contributed by atoms with Gasteiger partial charge in [0.1, 0.15) is 11.5 Å². The number of hydrogen-bond acceptors (Lipinski definition) is 3. The number of aliphatic hydroxyl groups excluding tert-OH is 1. The Morgan fingerprint density at radius 3 is 2.81 bits per heavy atom. The van der Waals surface area contributed by atoms with E-state index in [0.29, 0.717) is 25.2 Å². The monoisotopic (exact) mass is 293 g/mol. The summed E-state index contributed by atoms with van der Waals surface area (Å²) in [5, 5.41) is 12.1. The lowest BCUT2D eigenvalue weighted by atomic mass is 9.94. The molecule has 0 saturated heterocycles. The first-order valence-corrected chi connectivity index (χ1v) is 7.98. The molecule has 21 heavy (non-hydrogen) atoms. The van der Waals surface area contributed by atoms with Crippen LogP contribution in [0, 0.1) is 5.92 Å². The van der Waals surface area contributed by atoms with Crippen LogP contribution >= 0.6 is 0 Å². The Balaban J connectivity index is 1.79. The van der Waals surface area contributed by atoms with Gasteiger partial charge in [0, 0.05) is 30.9 Å². The van der Waals surface area contributed by atoms with Crippen molar-refractivity contribution in [3.63, 3.8) is 0 Å². The lowest BCUT2D eigenvalue weighted by Crippen LogP contribution is -2.46. The molecule has 4 heteroatoms. The minimum absolute atomic E-state index is 0.0190. The van der Waals surface area contributed by atoms with Crippen LogP contribution in [0.15, 0.2) is 16.5 Å². The highest BCUT2D eigenvalue weighted by Gasteiger charge is 2.36. The molecule has 1 aliphatic rings. The van der Waals surface area contributed by atoms with Crippen molar-refractivity contribution < 1.29 is 14.3 Å². The van der Waals surface area contributed by atoms with Gasteiger partial charge in [-0.15, -0.1) is 0 Å². The number of nitrogens with one attached hydrogen (secondary N) is 1. The second kappa shape index (κ2) is 6.65. The second-order valence-corrected chi connectivity index (χ2v) is 6.56. The van der Waals surface area contributed by atoms with Crippen molar-refractivity contribution in [2.45, 2.75) is 64.3 Å². The number of carbonyl (C=O) groups excluding carboxylic acids is 1. The van der Waals surface area contributed by atoms with Crippen molar-refractivity contribution in [1.29, 1.82) is 0 Å². The van der Waals surface area contributed by atoms with Crippen LogP contribution in [0.25, 0.3) is 0 Å². The van der Waals surface area contributed by atoms with E-state index >= 15 is 0 Å². The second-order valence-electron chi connectivity index (χ2n) is 6.56. The predicted octanol–water partition coefficient (Wildman–Crippen LogP) is 3.00. The summed E-state index contributed by atoms with van der Waals surface area (Å²) in [7, 11) is 0. The first-order chi connectivity index (χ1) is 9.97. The van der Waals surface area contributed by atoms with E-state index in [4.69, 9.17) is 9.52 Å². The lowest BCUT2D eigenvalue weighted by molar-refractivity contribution is -0.123. The van der Waals surface area contributed by atoms with Gasteiger partial charge in [0.2, 0.25) is 5.91 Å². The fraction of sp³-hybridized carbons (Fsp3) is 0.706. The fourth-order valence-corrected chi connectivity index (χ4v) is 2.66. The van der Waals surface area contributed by atoms with Gasteiger partial charge in [-0.1, -0.05) is 13.8 Å². The van der Waals surface area contributed by atoms with Gasteiger partial charge in [0.05, 0.1) is 0 Å². The van der Waals surface area contributed by atoms with E-state index in [1.165, 1.54) is 6.42 Å². The molecule has 1 aromatic heterocycles. The molecule has 2 N–H and O–H groups in total. The van der Waals surface area contributed by atoms with Gasteiger partial charge in [0.15, 0.2) is 0 Å². The molecule has 1 amide bonds. The SMILES string of the molecule is CCC(C)(CCO)NC(=O)CCc1ccc(C2CC2C)o1. The van der Waals surface area contributed by atoms with Crippen LogP contribution in [0.2, 0.25) is 0 Å². The van der Waals surface area contributed by atoms with Crippen molar-refractivity contribution in [1.82, 2.24) is 5.32 Å². The molecule has 1 aromatic rings.